The standard InChI is InChI=1S/C11H15N3O7/c12-8-13-6-2-4-9(17,1-15)5-3(16)10(2,14-8)7(19-6)11(18,20-4)21-5/h2-7,15-18H,1H2,(H3,12,13,14)/t2?,3-,4?,5?,6?,7+,9+,10-,11?/m1/s1. The van der Waals surface area contributed by atoms with Crippen LogP contribution >= 0.6 is 0 Å². The van der Waals surface area contributed by atoms with Gasteiger partial charge in [0.25, 0.3) is 0 Å². The van der Waals surface area contributed by atoms with Crippen LogP contribution in [0.4, 0.5) is 0 Å². The molecule has 4 saturated heterocycles. The maximum Gasteiger partial charge on any atom is 0.311 e. The van der Waals surface area contributed by atoms with Crippen molar-refractivity contribution in [2.75, 3.05) is 6.61 Å². The van der Waals surface area contributed by atoms with Crippen LogP contribution in [0.1, 0.15) is 0 Å². The second-order valence-electron chi connectivity index (χ2n) is 6.31. The van der Waals surface area contributed by atoms with E-state index in [1.54, 1.807) is 0 Å². The zero-order chi connectivity index (χ0) is 14.8. The molecule has 116 valence electrons. The van der Waals surface area contributed by atoms with E-state index in [1.165, 1.54) is 0 Å². The molecule has 5 heterocycles. The highest BCUT2D eigenvalue weighted by molar-refractivity contribution is 5.80. The van der Waals surface area contributed by atoms with Crippen LogP contribution in [0.15, 0.2) is 4.99 Å². The van der Waals surface area contributed by atoms with Gasteiger partial charge in [0, 0.05) is 0 Å². The van der Waals surface area contributed by atoms with Gasteiger partial charge in [-0.05, 0) is 0 Å². The van der Waals surface area contributed by atoms with E-state index in [4.69, 9.17) is 19.9 Å². The fraction of sp³-hybridized carbons (Fsp3) is 0.909. The molecule has 0 amide bonds. The number of nitrogens with zero attached hydrogens (tertiary/aromatic N) is 1. The van der Waals surface area contributed by atoms with Crippen LogP contribution in [0, 0.1) is 5.92 Å². The predicted molar refractivity (Wildman–Crippen MR) is 62.4 cm³/mol. The van der Waals surface area contributed by atoms with Crippen LogP contribution in [0.3, 0.4) is 0 Å². The molecule has 7 N–H and O–H groups in total. The Morgan fingerprint density at radius 2 is 2.00 bits per heavy atom. The van der Waals surface area contributed by atoms with Crippen LogP contribution < -0.4 is 11.1 Å². The number of nitrogens with two attached hydrogens (primary N) is 1. The second-order valence-corrected chi connectivity index (χ2v) is 6.31. The summed E-state index contributed by atoms with van der Waals surface area (Å²) in [5, 5.41) is 44.4. The van der Waals surface area contributed by atoms with Gasteiger partial charge in [-0.25, -0.2) is 4.99 Å². The van der Waals surface area contributed by atoms with Crippen molar-refractivity contribution in [1.29, 1.82) is 0 Å². The summed E-state index contributed by atoms with van der Waals surface area (Å²) >= 11 is 0. The summed E-state index contributed by atoms with van der Waals surface area (Å²) in [7, 11) is 0. The van der Waals surface area contributed by atoms with Gasteiger partial charge in [-0.15, -0.1) is 0 Å². The zero-order valence-corrected chi connectivity index (χ0v) is 10.7. The van der Waals surface area contributed by atoms with Gasteiger partial charge in [0.1, 0.15) is 29.5 Å². The number of aliphatic hydroxyl groups is 4. The molecule has 7 bridgehead atoms. The number of hydrogen-bond donors (Lipinski definition) is 6. The van der Waals surface area contributed by atoms with Gasteiger partial charge in [0.15, 0.2) is 18.3 Å². The summed E-state index contributed by atoms with van der Waals surface area (Å²) in [6, 6.07) is 0. The predicted octanol–water partition coefficient (Wildman–Crippen LogP) is -4.47. The Labute approximate surface area is 118 Å². The Balaban J connectivity index is 1.77. The third-order valence-corrected chi connectivity index (χ3v) is 5.44. The Morgan fingerprint density at radius 1 is 1.29 bits per heavy atom. The lowest BCUT2D eigenvalue weighted by atomic mass is 9.56. The fourth-order valence-electron chi connectivity index (χ4n) is 4.65. The summed E-state index contributed by atoms with van der Waals surface area (Å²) < 4.78 is 16.4. The van der Waals surface area contributed by atoms with E-state index in [1.807, 2.05) is 0 Å². The van der Waals surface area contributed by atoms with Crippen molar-refractivity contribution in [2.24, 2.45) is 16.6 Å². The highest BCUT2D eigenvalue weighted by Gasteiger charge is 2.86. The van der Waals surface area contributed by atoms with Crippen molar-refractivity contribution in [3.05, 3.63) is 0 Å². The largest absolute Gasteiger partial charge is 0.393 e. The number of aliphatic imine (C=N–C) groups is 1. The summed E-state index contributed by atoms with van der Waals surface area (Å²) in [6.07, 6.45) is -5.35. The maximum atomic E-state index is 10.7. The van der Waals surface area contributed by atoms with Gasteiger partial charge in [-0.2, -0.15) is 0 Å². The Kier molecular flexibility index (Phi) is 1.89. The van der Waals surface area contributed by atoms with Crippen molar-refractivity contribution in [2.45, 2.75) is 47.8 Å². The lowest BCUT2D eigenvalue weighted by Gasteiger charge is -2.68. The molecule has 0 aromatic carbocycles. The van der Waals surface area contributed by atoms with Gasteiger partial charge < -0.3 is 45.7 Å². The fourth-order valence-corrected chi connectivity index (χ4v) is 4.65. The van der Waals surface area contributed by atoms with E-state index in [9.17, 15) is 20.4 Å². The normalized spacial score (nSPS) is 66.2. The number of aliphatic hydroxyl groups excluding tert-OH is 2. The molecule has 5 fully saturated rings. The van der Waals surface area contributed by atoms with Gasteiger partial charge in [0.05, 0.1) is 12.5 Å². The van der Waals surface area contributed by atoms with E-state index < -0.39 is 60.3 Å². The molecule has 1 saturated carbocycles. The van der Waals surface area contributed by atoms with Gasteiger partial charge >= 0.3 is 5.97 Å². The minimum Gasteiger partial charge on any atom is -0.393 e. The van der Waals surface area contributed by atoms with Gasteiger partial charge in [-0.1, -0.05) is 0 Å². The summed E-state index contributed by atoms with van der Waals surface area (Å²) in [5.41, 5.74) is 2.70. The molecule has 21 heavy (non-hydrogen) atoms. The zero-order valence-electron chi connectivity index (χ0n) is 10.7. The first-order valence-electron chi connectivity index (χ1n) is 6.73. The number of ether oxygens (including phenoxy) is 3. The monoisotopic (exact) mass is 301 g/mol. The summed E-state index contributed by atoms with van der Waals surface area (Å²) in [6.45, 7) is -0.696. The average Bonchev–Trinajstić information content (AvgIpc) is 2.59. The molecule has 5 unspecified atom stereocenters. The van der Waals surface area contributed by atoms with Crippen molar-refractivity contribution in [3.8, 4) is 0 Å². The third kappa shape index (κ3) is 1.03. The number of hydrogen-bond acceptors (Lipinski definition) is 10. The molecule has 6 rings (SSSR count). The van der Waals surface area contributed by atoms with E-state index >= 15 is 0 Å². The SMILES string of the molecule is NC1=NC2O[C@@H]3C4(O)OC5C2[C@@]3(N1)[C@H](O)C(O4)[C@]5(O)CO. The van der Waals surface area contributed by atoms with E-state index in [2.05, 4.69) is 10.3 Å². The summed E-state index contributed by atoms with van der Waals surface area (Å²) in [4.78, 5) is 4.09. The van der Waals surface area contributed by atoms with E-state index in [0.717, 1.165) is 0 Å². The van der Waals surface area contributed by atoms with Crippen LogP contribution in [-0.2, 0) is 14.2 Å². The molecule has 0 radical (unpaired) electrons. The van der Waals surface area contributed by atoms with E-state index in [0.29, 0.717) is 0 Å². The molecule has 10 heteroatoms. The summed E-state index contributed by atoms with van der Waals surface area (Å²) in [5.74, 6) is -2.66. The van der Waals surface area contributed by atoms with Crippen LogP contribution in [-0.4, -0.2) is 80.7 Å². The lowest BCUT2D eigenvalue weighted by molar-refractivity contribution is -0.529. The van der Waals surface area contributed by atoms with Crippen LogP contribution in [0.25, 0.3) is 0 Å². The van der Waals surface area contributed by atoms with Gasteiger partial charge in [0.2, 0.25) is 0 Å². The molecule has 0 aromatic heterocycles. The Bertz CT molecular complexity index is 574. The topological polar surface area (TPSA) is 159 Å². The second kappa shape index (κ2) is 3.18. The first-order chi connectivity index (χ1) is 9.87. The lowest BCUT2D eigenvalue weighted by Crippen LogP contribution is -2.92. The number of rotatable bonds is 1. The number of guanidine groups is 1. The molecule has 10 nitrogen and oxygen atoms in total. The third-order valence-electron chi connectivity index (χ3n) is 5.44. The van der Waals surface area contributed by atoms with Crippen molar-refractivity contribution < 1.29 is 34.6 Å². The highest BCUT2D eigenvalue weighted by Crippen LogP contribution is 2.63. The highest BCUT2D eigenvalue weighted by atomic mass is 16.9. The molecular formula is C11H15N3O7. The molecule has 9 atom stereocenters. The Morgan fingerprint density at radius 3 is 2.71 bits per heavy atom. The molecule has 6 aliphatic rings. The smallest absolute Gasteiger partial charge is 0.311 e. The van der Waals surface area contributed by atoms with Crippen LogP contribution in [0.2, 0.25) is 0 Å². The average molecular weight is 301 g/mol. The minimum atomic E-state index is -2.13. The number of nitrogens with one attached hydrogen (secondary N) is 1. The molecule has 5 aliphatic heterocycles. The van der Waals surface area contributed by atoms with Crippen molar-refractivity contribution >= 4 is 5.96 Å². The Hall–Kier alpha value is -1.01. The van der Waals surface area contributed by atoms with Crippen LogP contribution in [0.5, 0.6) is 0 Å². The van der Waals surface area contributed by atoms with Gasteiger partial charge in [-0.3, -0.25) is 0 Å². The van der Waals surface area contributed by atoms with E-state index in [-0.39, 0.29) is 5.96 Å². The molecule has 1 spiro atoms. The van der Waals surface area contributed by atoms with Crippen molar-refractivity contribution in [3.63, 3.8) is 0 Å². The molecular weight excluding hydrogens is 286 g/mol. The van der Waals surface area contributed by atoms with Crippen molar-refractivity contribution in [1.82, 2.24) is 5.32 Å². The molecule has 1 aliphatic carbocycles. The minimum absolute atomic E-state index is 0.0795. The first-order valence-corrected chi connectivity index (χ1v) is 6.73. The molecule has 0 aromatic rings. The maximum absolute atomic E-state index is 10.7. The first kappa shape index (κ1) is 12.5. The quantitative estimate of drug-likeness (QED) is 0.281.